The number of hydrogen-bond acceptors (Lipinski definition) is 0. The Labute approximate surface area is 291 Å². The fourth-order valence-corrected chi connectivity index (χ4v) is 8.02. The zero-order valence-corrected chi connectivity index (χ0v) is 27.6. The summed E-state index contributed by atoms with van der Waals surface area (Å²) in [6, 6.07) is 60.1. The lowest BCUT2D eigenvalue weighted by Crippen LogP contribution is -1.97. The van der Waals surface area contributed by atoms with E-state index < -0.39 is 0 Å². The summed E-state index contributed by atoms with van der Waals surface area (Å²) in [7, 11) is 0. The molecule has 7 aromatic carbocycles. The number of benzene rings is 7. The van der Waals surface area contributed by atoms with E-state index in [1.54, 1.807) is 0 Å². The van der Waals surface area contributed by atoms with Crippen molar-refractivity contribution in [1.82, 2.24) is 9.13 Å². The average Bonchev–Trinajstić information content (AvgIpc) is 3.71. The highest BCUT2D eigenvalue weighted by molar-refractivity contribution is 6.13. The molecule has 2 heteroatoms. The predicted octanol–water partition coefficient (Wildman–Crippen LogP) is 12.8. The molecule has 0 fully saturated rings. The summed E-state index contributed by atoms with van der Waals surface area (Å²) in [6.45, 7) is 0. The van der Waals surface area contributed by atoms with Crippen molar-refractivity contribution in [2.75, 3.05) is 0 Å². The van der Waals surface area contributed by atoms with Gasteiger partial charge in [-0.3, -0.25) is 0 Å². The zero-order valence-electron chi connectivity index (χ0n) is 27.6. The third-order valence-corrected chi connectivity index (χ3v) is 10.4. The van der Waals surface area contributed by atoms with E-state index in [-0.39, 0.29) is 0 Å². The van der Waals surface area contributed by atoms with Crippen LogP contribution < -0.4 is 0 Å². The molecular weight excluding hydrogens is 605 g/mol. The van der Waals surface area contributed by atoms with Crippen LogP contribution in [0.5, 0.6) is 0 Å². The Hall–Kier alpha value is -6.38. The number of fused-ring (bicyclic) bond motifs is 6. The largest absolute Gasteiger partial charge is 0.309 e. The van der Waals surface area contributed by atoms with Gasteiger partial charge in [-0.05, 0) is 101 Å². The Morgan fingerprint density at radius 2 is 0.940 bits per heavy atom. The van der Waals surface area contributed by atoms with Gasteiger partial charge in [0.1, 0.15) is 0 Å². The van der Waals surface area contributed by atoms with Crippen LogP contribution in [-0.2, 0) is 0 Å². The second-order valence-corrected chi connectivity index (χ2v) is 13.3. The molecule has 0 saturated heterocycles. The molecule has 50 heavy (non-hydrogen) atoms. The average molecular weight is 639 g/mol. The minimum absolute atomic E-state index is 0.386. The molecule has 2 nitrogen and oxygen atoms in total. The fourth-order valence-electron chi connectivity index (χ4n) is 8.02. The second kappa shape index (κ2) is 11.6. The summed E-state index contributed by atoms with van der Waals surface area (Å²) in [5.41, 5.74) is 13.5. The molecule has 1 atom stereocenters. The third-order valence-electron chi connectivity index (χ3n) is 10.4. The number of hydrogen-bond donors (Lipinski definition) is 0. The molecule has 2 heterocycles. The van der Waals surface area contributed by atoms with Crippen LogP contribution in [0.1, 0.15) is 17.9 Å². The normalized spacial score (nSPS) is 14.4. The predicted molar refractivity (Wildman–Crippen MR) is 212 cm³/mol. The van der Waals surface area contributed by atoms with Crippen molar-refractivity contribution in [2.24, 2.45) is 0 Å². The van der Waals surface area contributed by atoms with Crippen molar-refractivity contribution in [3.05, 3.63) is 194 Å². The smallest absolute Gasteiger partial charge is 0.0541 e. The van der Waals surface area contributed by atoms with Gasteiger partial charge in [0, 0.05) is 38.8 Å². The number of rotatable bonds is 5. The van der Waals surface area contributed by atoms with Gasteiger partial charge >= 0.3 is 0 Å². The second-order valence-electron chi connectivity index (χ2n) is 13.3. The van der Waals surface area contributed by atoms with Crippen molar-refractivity contribution in [3.63, 3.8) is 0 Å². The first-order chi connectivity index (χ1) is 24.8. The highest BCUT2D eigenvalue weighted by Crippen LogP contribution is 2.40. The fraction of sp³-hybridized carbons (Fsp3) is 0.0417. The van der Waals surface area contributed by atoms with E-state index in [9.17, 15) is 0 Å². The quantitative estimate of drug-likeness (QED) is 0.178. The van der Waals surface area contributed by atoms with Gasteiger partial charge < -0.3 is 9.13 Å². The van der Waals surface area contributed by atoms with Crippen LogP contribution in [-0.4, -0.2) is 9.13 Å². The van der Waals surface area contributed by atoms with Crippen LogP contribution in [0.3, 0.4) is 0 Å². The van der Waals surface area contributed by atoms with E-state index in [0.717, 1.165) is 6.42 Å². The summed E-state index contributed by atoms with van der Waals surface area (Å²) in [5.74, 6) is 0.386. The van der Waals surface area contributed by atoms with E-state index in [1.165, 1.54) is 82.8 Å². The Kier molecular flexibility index (Phi) is 6.67. The number of aromatic nitrogens is 2. The summed E-state index contributed by atoms with van der Waals surface area (Å²) < 4.78 is 4.82. The molecule has 1 aliphatic carbocycles. The molecular formula is C48H34N2. The standard InChI is InChI=1S/C48H34N2/c1-4-13-33(14-5-1)35-17-12-20-40(29-35)50-47-26-23-36(34-15-6-2-7-16-34)30-43(47)44-32-38(25-28-48(44)50)37-24-27-46-42(31-37)41-21-10-11-22-45(41)49(46)39-18-8-3-9-19-39/h1-15,17-32,34H,16H2. The molecule has 2 aromatic heterocycles. The van der Waals surface area contributed by atoms with Crippen molar-refractivity contribution in [3.8, 4) is 33.6 Å². The zero-order chi connectivity index (χ0) is 33.0. The first-order valence-corrected chi connectivity index (χ1v) is 17.5. The molecule has 0 aliphatic heterocycles. The maximum atomic E-state index is 2.44. The van der Waals surface area contributed by atoms with E-state index in [4.69, 9.17) is 0 Å². The van der Waals surface area contributed by atoms with Crippen molar-refractivity contribution < 1.29 is 0 Å². The first-order valence-electron chi connectivity index (χ1n) is 17.5. The monoisotopic (exact) mass is 638 g/mol. The summed E-state index contributed by atoms with van der Waals surface area (Å²) in [4.78, 5) is 0. The van der Waals surface area contributed by atoms with E-state index >= 15 is 0 Å². The molecule has 236 valence electrons. The highest BCUT2D eigenvalue weighted by Gasteiger charge is 2.18. The molecule has 9 aromatic rings. The van der Waals surface area contributed by atoms with Crippen molar-refractivity contribution in [1.29, 1.82) is 0 Å². The van der Waals surface area contributed by atoms with Crippen molar-refractivity contribution >= 4 is 43.6 Å². The van der Waals surface area contributed by atoms with Crippen LogP contribution in [0.25, 0.3) is 77.2 Å². The summed E-state index contributed by atoms with van der Waals surface area (Å²) in [5, 5.41) is 5.09. The molecule has 0 saturated carbocycles. The molecule has 10 rings (SSSR count). The van der Waals surface area contributed by atoms with Crippen LogP contribution in [0.15, 0.2) is 188 Å². The van der Waals surface area contributed by atoms with Crippen LogP contribution in [0.4, 0.5) is 0 Å². The highest BCUT2D eigenvalue weighted by atomic mass is 15.0. The maximum Gasteiger partial charge on any atom is 0.0541 e. The minimum Gasteiger partial charge on any atom is -0.309 e. The Morgan fingerprint density at radius 1 is 0.380 bits per heavy atom. The van der Waals surface area contributed by atoms with E-state index in [0.29, 0.717) is 5.92 Å². The maximum absolute atomic E-state index is 2.44. The van der Waals surface area contributed by atoms with Gasteiger partial charge in [-0.25, -0.2) is 0 Å². The van der Waals surface area contributed by atoms with Gasteiger partial charge in [-0.15, -0.1) is 0 Å². The van der Waals surface area contributed by atoms with Crippen LogP contribution in [0.2, 0.25) is 0 Å². The van der Waals surface area contributed by atoms with Gasteiger partial charge in [-0.1, -0.05) is 121 Å². The third kappa shape index (κ3) is 4.64. The van der Waals surface area contributed by atoms with Crippen molar-refractivity contribution in [2.45, 2.75) is 12.3 Å². The van der Waals surface area contributed by atoms with Crippen LogP contribution in [0, 0.1) is 0 Å². The lowest BCUT2D eigenvalue weighted by atomic mass is 9.91. The topological polar surface area (TPSA) is 9.86 Å². The SMILES string of the molecule is C1=CCC(c2ccc3c(c2)c2cc(-c4ccc5c(c4)c4ccccc4n5-c4ccccc4)ccc2n3-c2cccc(-c3ccccc3)c2)C=C1. The number of allylic oxidation sites excluding steroid dienone is 4. The lowest BCUT2D eigenvalue weighted by Gasteiger charge is -2.14. The molecule has 1 unspecified atom stereocenters. The van der Waals surface area contributed by atoms with E-state index in [1.807, 2.05) is 0 Å². The lowest BCUT2D eigenvalue weighted by molar-refractivity contribution is 0.855. The molecule has 0 spiro atoms. The number of para-hydroxylation sites is 2. The van der Waals surface area contributed by atoms with Gasteiger partial charge in [0.15, 0.2) is 0 Å². The van der Waals surface area contributed by atoms with Gasteiger partial charge in [0.2, 0.25) is 0 Å². The number of nitrogens with zero attached hydrogens (tertiary/aromatic N) is 2. The first kappa shape index (κ1) is 28.6. The Balaban J connectivity index is 1.18. The molecule has 0 amide bonds. The van der Waals surface area contributed by atoms with Gasteiger partial charge in [-0.2, -0.15) is 0 Å². The molecule has 0 bridgehead atoms. The summed E-state index contributed by atoms with van der Waals surface area (Å²) in [6.07, 6.45) is 9.97. The van der Waals surface area contributed by atoms with E-state index in [2.05, 4.69) is 197 Å². The molecule has 0 radical (unpaired) electrons. The van der Waals surface area contributed by atoms with Gasteiger partial charge in [0.05, 0.1) is 22.1 Å². The molecule has 0 N–H and O–H groups in total. The van der Waals surface area contributed by atoms with Gasteiger partial charge in [0.25, 0.3) is 0 Å². The summed E-state index contributed by atoms with van der Waals surface area (Å²) >= 11 is 0. The Bertz CT molecular complexity index is 2780. The minimum atomic E-state index is 0.386. The molecule has 1 aliphatic rings. The Morgan fingerprint density at radius 3 is 1.68 bits per heavy atom. The van der Waals surface area contributed by atoms with Crippen LogP contribution >= 0.6 is 0 Å².